The van der Waals surface area contributed by atoms with E-state index in [9.17, 15) is 4.79 Å². The molecule has 2 atom stereocenters. The summed E-state index contributed by atoms with van der Waals surface area (Å²) in [5, 5.41) is 5.90. The molecule has 140 valence electrons. The number of nitrogens with two attached hydrogens (primary N) is 1. The third-order valence-corrected chi connectivity index (χ3v) is 5.66. The minimum Gasteiger partial charge on any atom is -0.378 e. The molecule has 3 N–H and O–H groups in total. The number of amides is 1. The molecule has 0 bridgehead atoms. The third-order valence-electron chi connectivity index (χ3n) is 4.80. The summed E-state index contributed by atoms with van der Waals surface area (Å²) >= 11 is 1.57. The van der Waals surface area contributed by atoms with Gasteiger partial charge < -0.3 is 15.8 Å². The molecule has 8 heteroatoms. The molecule has 1 aromatic rings. The van der Waals surface area contributed by atoms with Gasteiger partial charge in [0, 0.05) is 23.8 Å². The molecule has 0 saturated heterocycles. The van der Waals surface area contributed by atoms with Gasteiger partial charge in [-0.1, -0.05) is 27.7 Å². The van der Waals surface area contributed by atoms with Crippen LogP contribution in [-0.4, -0.2) is 29.1 Å². The number of halogens is 2. The summed E-state index contributed by atoms with van der Waals surface area (Å²) in [6, 6.07) is 0. The molecular weight excluding hydrogens is 369 g/mol. The van der Waals surface area contributed by atoms with Gasteiger partial charge in [0.1, 0.15) is 10.5 Å². The maximum absolute atomic E-state index is 12.5. The quantitative estimate of drug-likeness (QED) is 0.771. The fourth-order valence-corrected chi connectivity index (χ4v) is 3.70. The maximum atomic E-state index is 12.5. The summed E-state index contributed by atoms with van der Waals surface area (Å²) in [5.74, 6) is 0.286. The van der Waals surface area contributed by atoms with Gasteiger partial charge in [-0.25, -0.2) is 4.98 Å². The maximum Gasteiger partial charge on any atom is 0.241 e. The van der Waals surface area contributed by atoms with E-state index in [1.807, 2.05) is 26.2 Å². The van der Waals surface area contributed by atoms with Crippen LogP contribution in [0.3, 0.4) is 0 Å². The fraction of sp³-hybridized carbons (Fsp3) is 0.750. The SMILES string of the molecule is CCOC1CC(N)(C(=O)NCc2nc(C(C)C)cs2)C1(C)C.Cl.Cl. The number of rotatable bonds is 6. The Labute approximate surface area is 161 Å². The van der Waals surface area contributed by atoms with Crippen molar-refractivity contribution in [2.75, 3.05) is 6.61 Å². The summed E-state index contributed by atoms with van der Waals surface area (Å²) in [4.78, 5) is 17.0. The van der Waals surface area contributed by atoms with Gasteiger partial charge in [-0.2, -0.15) is 0 Å². The van der Waals surface area contributed by atoms with E-state index in [1.165, 1.54) is 0 Å². The van der Waals surface area contributed by atoms with Gasteiger partial charge in [0.15, 0.2) is 0 Å². The van der Waals surface area contributed by atoms with Crippen LogP contribution in [0, 0.1) is 5.41 Å². The topological polar surface area (TPSA) is 77.2 Å². The zero-order valence-corrected chi connectivity index (χ0v) is 17.4. The van der Waals surface area contributed by atoms with E-state index in [2.05, 4.69) is 24.1 Å². The molecule has 5 nitrogen and oxygen atoms in total. The second kappa shape index (κ2) is 8.81. The molecule has 1 aromatic heterocycles. The minimum absolute atomic E-state index is 0. The van der Waals surface area contributed by atoms with Crippen LogP contribution in [0.5, 0.6) is 0 Å². The van der Waals surface area contributed by atoms with Crippen molar-refractivity contribution < 1.29 is 9.53 Å². The van der Waals surface area contributed by atoms with Crippen LogP contribution < -0.4 is 11.1 Å². The van der Waals surface area contributed by atoms with E-state index in [-0.39, 0.29) is 42.2 Å². The zero-order chi connectivity index (χ0) is 16.5. The standard InChI is InChI=1S/C16H27N3O2S.2ClH/c1-6-21-12-7-16(17,15(12,4)5)14(20)18-8-13-19-11(9-22-13)10(2)3;;/h9-10,12H,6-8,17H2,1-5H3,(H,18,20);2*1H. The second-order valence-electron chi connectivity index (χ2n) is 6.84. The molecule has 1 aliphatic rings. The van der Waals surface area contributed by atoms with Crippen molar-refractivity contribution in [3.63, 3.8) is 0 Å². The van der Waals surface area contributed by atoms with Crippen LogP contribution in [0.25, 0.3) is 0 Å². The van der Waals surface area contributed by atoms with E-state index in [1.54, 1.807) is 11.3 Å². The van der Waals surface area contributed by atoms with Crippen molar-refractivity contribution >= 4 is 42.1 Å². The van der Waals surface area contributed by atoms with Gasteiger partial charge in [0.25, 0.3) is 0 Å². The lowest BCUT2D eigenvalue weighted by Gasteiger charge is -2.57. The average Bonchev–Trinajstić information content (AvgIpc) is 2.93. The number of nitrogens with one attached hydrogen (secondary N) is 1. The lowest BCUT2D eigenvalue weighted by atomic mass is 9.54. The number of thiazole rings is 1. The molecule has 24 heavy (non-hydrogen) atoms. The van der Waals surface area contributed by atoms with Crippen molar-refractivity contribution in [3.8, 4) is 0 Å². The average molecular weight is 398 g/mol. The minimum atomic E-state index is -0.870. The van der Waals surface area contributed by atoms with Gasteiger partial charge in [0.2, 0.25) is 5.91 Å². The van der Waals surface area contributed by atoms with Crippen molar-refractivity contribution in [1.29, 1.82) is 0 Å². The molecule has 1 aliphatic carbocycles. The van der Waals surface area contributed by atoms with E-state index in [0.29, 0.717) is 25.5 Å². The zero-order valence-electron chi connectivity index (χ0n) is 14.9. The van der Waals surface area contributed by atoms with Gasteiger partial charge in [-0.3, -0.25) is 4.79 Å². The van der Waals surface area contributed by atoms with Gasteiger partial charge in [-0.15, -0.1) is 36.2 Å². The molecule has 1 saturated carbocycles. The van der Waals surface area contributed by atoms with Crippen LogP contribution in [-0.2, 0) is 16.1 Å². The van der Waals surface area contributed by atoms with Gasteiger partial charge in [0.05, 0.1) is 18.3 Å². The number of carbonyl (C=O) groups is 1. The van der Waals surface area contributed by atoms with Crippen LogP contribution in [0.2, 0.25) is 0 Å². The largest absolute Gasteiger partial charge is 0.378 e. The van der Waals surface area contributed by atoms with E-state index >= 15 is 0 Å². The Hall–Kier alpha value is -0.400. The second-order valence-corrected chi connectivity index (χ2v) is 7.79. The number of ether oxygens (including phenoxy) is 1. The van der Waals surface area contributed by atoms with Gasteiger partial charge in [-0.05, 0) is 12.8 Å². The Bertz CT molecular complexity index is 551. The van der Waals surface area contributed by atoms with Crippen molar-refractivity contribution in [3.05, 3.63) is 16.1 Å². The molecule has 1 heterocycles. The monoisotopic (exact) mass is 397 g/mol. The number of hydrogen-bond acceptors (Lipinski definition) is 5. The Kier molecular flexibility index (Phi) is 8.66. The van der Waals surface area contributed by atoms with Gasteiger partial charge >= 0.3 is 0 Å². The highest BCUT2D eigenvalue weighted by atomic mass is 35.5. The molecule has 0 aliphatic heterocycles. The summed E-state index contributed by atoms with van der Waals surface area (Å²) in [5.41, 5.74) is 6.19. The van der Waals surface area contributed by atoms with E-state index in [0.717, 1.165) is 10.7 Å². The Morgan fingerprint density at radius 1 is 1.50 bits per heavy atom. The molecule has 1 fully saturated rings. The van der Waals surface area contributed by atoms with Crippen molar-refractivity contribution in [2.45, 2.75) is 65.1 Å². The van der Waals surface area contributed by atoms with Crippen LogP contribution in [0.4, 0.5) is 0 Å². The van der Waals surface area contributed by atoms with Crippen molar-refractivity contribution in [2.24, 2.45) is 11.1 Å². The Morgan fingerprint density at radius 3 is 2.58 bits per heavy atom. The Morgan fingerprint density at radius 2 is 2.12 bits per heavy atom. The lowest BCUT2D eigenvalue weighted by molar-refractivity contribution is -0.170. The lowest BCUT2D eigenvalue weighted by Crippen LogP contribution is -2.75. The summed E-state index contributed by atoms with van der Waals surface area (Å²) in [6.45, 7) is 11.2. The normalized spacial score (nSPS) is 24.5. The summed E-state index contributed by atoms with van der Waals surface area (Å²) in [7, 11) is 0. The predicted molar refractivity (Wildman–Crippen MR) is 103 cm³/mol. The first-order chi connectivity index (χ1) is 10.2. The molecule has 1 amide bonds. The smallest absolute Gasteiger partial charge is 0.241 e. The number of hydrogen-bond donors (Lipinski definition) is 2. The highest BCUT2D eigenvalue weighted by molar-refractivity contribution is 7.09. The van der Waals surface area contributed by atoms with Crippen LogP contribution >= 0.6 is 36.2 Å². The summed E-state index contributed by atoms with van der Waals surface area (Å²) < 4.78 is 5.66. The predicted octanol–water partition coefficient (Wildman–Crippen LogP) is 3.26. The molecule has 2 unspecified atom stereocenters. The highest BCUT2D eigenvalue weighted by Gasteiger charge is 2.62. The third kappa shape index (κ3) is 4.22. The highest BCUT2D eigenvalue weighted by Crippen LogP contribution is 2.49. The molecule has 0 aromatic carbocycles. The fourth-order valence-electron chi connectivity index (χ4n) is 2.81. The van der Waals surface area contributed by atoms with Crippen molar-refractivity contribution in [1.82, 2.24) is 10.3 Å². The summed E-state index contributed by atoms with van der Waals surface area (Å²) in [6.07, 6.45) is 0.607. The van der Waals surface area contributed by atoms with Crippen LogP contribution in [0.15, 0.2) is 5.38 Å². The van der Waals surface area contributed by atoms with E-state index < -0.39 is 5.54 Å². The van der Waals surface area contributed by atoms with E-state index in [4.69, 9.17) is 10.5 Å². The first kappa shape index (κ1) is 23.6. The number of aromatic nitrogens is 1. The molecule has 0 radical (unpaired) electrons. The number of nitrogens with zero attached hydrogens (tertiary/aromatic N) is 1. The Balaban J connectivity index is 0.00000264. The van der Waals surface area contributed by atoms with Crippen LogP contribution in [0.1, 0.15) is 57.7 Å². The first-order valence-electron chi connectivity index (χ1n) is 7.85. The molecular formula is C16H29Cl2N3O2S. The molecule has 0 spiro atoms. The number of carbonyl (C=O) groups excluding carboxylic acids is 1. The molecule has 2 rings (SSSR count). The first-order valence-corrected chi connectivity index (χ1v) is 8.73.